The number of para-hydroxylation sites is 1. The summed E-state index contributed by atoms with van der Waals surface area (Å²) >= 11 is 0. The minimum absolute atomic E-state index is 0.107. The van der Waals surface area contributed by atoms with Gasteiger partial charge in [0.25, 0.3) is 5.91 Å². The Morgan fingerprint density at radius 2 is 1.70 bits per heavy atom. The summed E-state index contributed by atoms with van der Waals surface area (Å²) in [4.78, 5) is 35.3. The molecule has 0 aromatic heterocycles. The van der Waals surface area contributed by atoms with Gasteiger partial charge in [-0.2, -0.15) is 0 Å². The van der Waals surface area contributed by atoms with Gasteiger partial charge < -0.3 is 25.3 Å². The molecule has 2 saturated heterocycles. The number of hydrogen-bond donors (Lipinski definition) is 2. The number of amides is 2. The lowest BCUT2D eigenvalue weighted by Gasteiger charge is -2.37. The number of carbonyl (C=O) groups excluding carboxylic acids is 2. The molecule has 2 fully saturated rings. The molecule has 8 heteroatoms. The van der Waals surface area contributed by atoms with Gasteiger partial charge in [-0.3, -0.25) is 9.59 Å². The van der Waals surface area contributed by atoms with Crippen molar-refractivity contribution < 1.29 is 9.59 Å². The van der Waals surface area contributed by atoms with Crippen molar-refractivity contribution in [2.45, 2.75) is 13.5 Å². The highest BCUT2D eigenvalue weighted by Gasteiger charge is 2.22. The number of nitrogens with one attached hydrogen (secondary N) is 2. The molecule has 174 valence electrons. The average molecular weight is 449 g/mol. The van der Waals surface area contributed by atoms with Crippen LogP contribution in [-0.4, -0.2) is 79.9 Å². The van der Waals surface area contributed by atoms with Crippen molar-refractivity contribution >= 4 is 23.5 Å². The predicted octanol–water partition coefficient (Wildman–Crippen LogP) is 1.55. The summed E-state index contributed by atoms with van der Waals surface area (Å²) < 4.78 is 0. The fraction of sp³-hybridized carbons (Fsp3) is 0.400. The fourth-order valence-electron chi connectivity index (χ4n) is 4.15. The quantitative estimate of drug-likeness (QED) is 0.536. The van der Waals surface area contributed by atoms with Crippen LogP contribution in [0.5, 0.6) is 0 Å². The van der Waals surface area contributed by atoms with Gasteiger partial charge in [-0.25, -0.2) is 4.99 Å². The van der Waals surface area contributed by atoms with Gasteiger partial charge in [-0.15, -0.1) is 0 Å². The Morgan fingerprint density at radius 3 is 2.36 bits per heavy atom. The molecular formula is C25H32N6O2. The molecule has 2 aliphatic heterocycles. The number of nitrogens with zero attached hydrogens (tertiary/aromatic N) is 4. The average Bonchev–Trinajstić information content (AvgIpc) is 2.87. The molecule has 0 unspecified atom stereocenters. The van der Waals surface area contributed by atoms with Crippen molar-refractivity contribution in [3.63, 3.8) is 0 Å². The highest BCUT2D eigenvalue weighted by molar-refractivity contribution is 5.97. The second-order valence-corrected chi connectivity index (χ2v) is 8.25. The van der Waals surface area contributed by atoms with E-state index in [-0.39, 0.29) is 18.4 Å². The molecule has 2 aliphatic rings. The molecule has 2 aromatic rings. The van der Waals surface area contributed by atoms with Crippen LogP contribution in [0.3, 0.4) is 0 Å². The van der Waals surface area contributed by atoms with Crippen molar-refractivity contribution in [1.82, 2.24) is 20.4 Å². The number of anilines is 1. The van der Waals surface area contributed by atoms with E-state index >= 15 is 0 Å². The van der Waals surface area contributed by atoms with E-state index in [1.807, 2.05) is 30.3 Å². The zero-order chi connectivity index (χ0) is 23.0. The maximum Gasteiger partial charge on any atom is 0.254 e. The normalized spacial score (nSPS) is 17.1. The number of carbonyl (C=O) groups is 2. The first-order chi connectivity index (χ1) is 16.1. The van der Waals surface area contributed by atoms with Crippen molar-refractivity contribution in [3.8, 4) is 0 Å². The van der Waals surface area contributed by atoms with Crippen LogP contribution in [0, 0.1) is 0 Å². The lowest BCUT2D eigenvalue weighted by atomic mass is 10.1. The molecule has 0 atom stereocenters. The second kappa shape index (κ2) is 10.8. The molecule has 8 nitrogen and oxygen atoms in total. The predicted molar refractivity (Wildman–Crippen MR) is 130 cm³/mol. The van der Waals surface area contributed by atoms with Crippen molar-refractivity contribution in [2.24, 2.45) is 4.99 Å². The molecule has 33 heavy (non-hydrogen) atoms. The largest absolute Gasteiger partial charge is 0.368 e. The highest BCUT2D eigenvalue weighted by Crippen LogP contribution is 2.16. The topological polar surface area (TPSA) is 80.3 Å². The third-order valence-electron chi connectivity index (χ3n) is 5.97. The van der Waals surface area contributed by atoms with Gasteiger partial charge in [0.1, 0.15) is 0 Å². The molecular weight excluding hydrogens is 416 g/mol. The van der Waals surface area contributed by atoms with E-state index in [9.17, 15) is 9.59 Å². The summed E-state index contributed by atoms with van der Waals surface area (Å²) in [5.74, 6) is 0.704. The Bertz CT molecular complexity index is 968. The first-order valence-electron chi connectivity index (χ1n) is 11.6. The minimum atomic E-state index is -0.110. The number of benzene rings is 2. The van der Waals surface area contributed by atoms with E-state index in [4.69, 9.17) is 4.99 Å². The summed E-state index contributed by atoms with van der Waals surface area (Å²) in [7, 11) is 0. The maximum absolute atomic E-state index is 12.6. The van der Waals surface area contributed by atoms with Crippen LogP contribution in [0.4, 0.5) is 5.69 Å². The van der Waals surface area contributed by atoms with E-state index in [0.717, 1.165) is 44.2 Å². The summed E-state index contributed by atoms with van der Waals surface area (Å²) in [5, 5.41) is 6.16. The van der Waals surface area contributed by atoms with Gasteiger partial charge in [-0.1, -0.05) is 30.3 Å². The standard InChI is InChI=1S/C25H32N6O2/c1-2-26-25(30-16-14-29(15-17-30)22-6-4-3-5-7-22)28-18-20-8-10-21(11-9-20)24(33)31-13-12-27-23(32)19-31/h3-11H,2,12-19H2,1H3,(H,26,28)(H,27,32). The minimum Gasteiger partial charge on any atom is -0.368 e. The summed E-state index contributed by atoms with van der Waals surface area (Å²) in [6, 6.07) is 18.0. The lowest BCUT2D eigenvalue weighted by molar-refractivity contribution is -0.123. The van der Waals surface area contributed by atoms with E-state index in [1.54, 1.807) is 4.90 Å². The number of guanidine groups is 1. The molecule has 0 saturated carbocycles. The van der Waals surface area contributed by atoms with E-state index in [2.05, 4.69) is 51.6 Å². The fourth-order valence-corrected chi connectivity index (χ4v) is 4.15. The summed E-state index contributed by atoms with van der Waals surface area (Å²) in [6.07, 6.45) is 0. The van der Waals surface area contributed by atoms with Crippen molar-refractivity contribution in [2.75, 3.05) is 57.3 Å². The maximum atomic E-state index is 12.6. The van der Waals surface area contributed by atoms with Crippen LogP contribution < -0.4 is 15.5 Å². The smallest absolute Gasteiger partial charge is 0.254 e. The lowest BCUT2D eigenvalue weighted by Crippen LogP contribution is -2.52. The Labute approximate surface area is 195 Å². The highest BCUT2D eigenvalue weighted by atomic mass is 16.2. The molecule has 2 heterocycles. The van der Waals surface area contributed by atoms with Crippen LogP contribution in [0.15, 0.2) is 59.6 Å². The summed E-state index contributed by atoms with van der Waals surface area (Å²) in [6.45, 7) is 8.35. The third-order valence-corrected chi connectivity index (χ3v) is 5.97. The molecule has 0 aliphatic carbocycles. The molecule has 4 rings (SSSR count). The zero-order valence-electron chi connectivity index (χ0n) is 19.2. The Morgan fingerprint density at radius 1 is 0.970 bits per heavy atom. The molecule has 0 spiro atoms. The van der Waals surface area contributed by atoms with Crippen LogP contribution in [0.1, 0.15) is 22.8 Å². The number of hydrogen-bond acceptors (Lipinski definition) is 4. The first kappa shape index (κ1) is 22.6. The summed E-state index contributed by atoms with van der Waals surface area (Å²) in [5.41, 5.74) is 2.90. The van der Waals surface area contributed by atoms with Crippen molar-refractivity contribution in [1.29, 1.82) is 0 Å². The number of rotatable bonds is 5. The van der Waals surface area contributed by atoms with Crippen molar-refractivity contribution in [3.05, 3.63) is 65.7 Å². The van der Waals surface area contributed by atoms with E-state index in [1.165, 1.54) is 5.69 Å². The van der Waals surface area contributed by atoms with Gasteiger partial charge in [0.05, 0.1) is 13.1 Å². The van der Waals surface area contributed by atoms with Crippen LogP contribution in [0.25, 0.3) is 0 Å². The van der Waals surface area contributed by atoms with E-state index < -0.39 is 0 Å². The second-order valence-electron chi connectivity index (χ2n) is 8.25. The first-order valence-corrected chi connectivity index (χ1v) is 11.6. The Hall–Kier alpha value is -3.55. The van der Waals surface area contributed by atoms with Gasteiger partial charge in [-0.05, 0) is 36.8 Å². The third kappa shape index (κ3) is 5.83. The van der Waals surface area contributed by atoms with Crippen LogP contribution >= 0.6 is 0 Å². The molecule has 0 bridgehead atoms. The van der Waals surface area contributed by atoms with Gasteiger partial charge >= 0.3 is 0 Å². The molecule has 2 N–H and O–H groups in total. The number of aliphatic imine (C=N–C) groups is 1. The van der Waals surface area contributed by atoms with E-state index in [0.29, 0.717) is 25.2 Å². The van der Waals surface area contributed by atoms with Crippen LogP contribution in [-0.2, 0) is 11.3 Å². The monoisotopic (exact) mass is 448 g/mol. The van der Waals surface area contributed by atoms with Gasteiger partial charge in [0, 0.05) is 57.1 Å². The van der Waals surface area contributed by atoms with Crippen LogP contribution in [0.2, 0.25) is 0 Å². The molecule has 0 radical (unpaired) electrons. The Balaban J connectivity index is 1.35. The molecule has 2 amide bonds. The number of piperazine rings is 2. The van der Waals surface area contributed by atoms with Gasteiger partial charge in [0.2, 0.25) is 5.91 Å². The SMILES string of the molecule is CCNC(=NCc1ccc(C(=O)N2CCNC(=O)C2)cc1)N1CCN(c2ccccc2)CC1. The molecule has 2 aromatic carbocycles. The Kier molecular flexibility index (Phi) is 7.44. The zero-order valence-corrected chi connectivity index (χ0v) is 19.2. The van der Waals surface area contributed by atoms with Gasteiger partial charge in [0.15, 0.2) is 5.96 Å².